The van der Waals surface area contributed by atoms with Gasteiger partial charge in [0.15, 0.2) is 0 Å². The van der Waals surface area contributed by atoms with Gasteiger partial charge < -0.3 is 19.9 Å². The first-order valence-corrected chi connectivity index (χ1v) is 16.7. The highest BCUT2D eigenvalue weighted by Crippen LogP contribution is 2.39. The summed E-state index contributed by atoms with van der Waals surface area (Å²) in [6.07, 6.45) is 8.81. The number of anilines is 2. The Bertz CT molecular complexity index is 1560. The van der Waals surface area contributed by atoms with Gasteiger partial charge in [0, 0.05) is 23.2 Å². The van der Waals surface area contributed by atoms with Crippen LogP contribution in [0.15, 0.2) is 36.4 Å². The van der Waals surface area contributed by atoms with E-state index >= 15 is 0 Å². The predicted molar refractivity (Wildman–Crippen MR) is 169 cm³/mol. The Labute approximate surface area is 251 Å². The molecule has 2 aromatic heterocycles. The maximum Gasteiger partial charge on any atom is 0.318 e. The number of fused-ring (bicyclic) bond motifs is 3. The lowest BCUT2D eigenvalue weighted by Gasteiger charge is -2.33. The van der Waals surface area contributed by atoms with Gasteiger partial charge in [-0.2, -0.15) is 21.7 Å². The molecule has 10 heteroatoms. The summed E-state index contributed by atoms with van der Waals surface area (Å²) in [6, 6.07) is 13.8. The first-order valence-electron chi connectivity index (χ1n) is 15.3. The van der Waals surface area contributed by atoms with Gasteiger partial charge in [0.1, 0.15) is 24.1 Å². The van der Waals surface area contributed by atoms with Crippen molar-refractivity contribution < 1.29 is 4.74 Å². The summed E-state index contributed by atoms with van der Waals surface area (Å²) >= 11 is 1.73. The average Bonchev–Trinajstić information content (AvgIpc) is 3.74. The number of aromatic nitrogens is 5. The molecule has 0 bridgehead atoms. The van der Waals surface area contributed by atoms with Gasteiger partial charge in [-0.1, -0.05) is 37.3 Å². The molecule has 2 fully saturated rings. The van der Waals surface area contributed by atoms with E-state index in [1.54, 1.807) is 11.8 Å². The van der Waals surface area contributed by atoms with E-state index in [1.165, 1.54) is 66.4 Å². The summed E-state index contributed by atoms with van der Waals surface area (Å²) in [7, 11) is 0. The first kappa shape index (κ1) is 27.5. The average molecular weight is 585 g/mol. The van der Waals surface area contributed by atoms with Gasteiger partial charge in [-0.15, -0.1) is 10.2 Å². The molecule has 0 radical (unpaired) electrons. The molecule has 220 valence electrons. The number of nitrogens with one attached hydrogen (secondary N) is 2. The molecule has 0 unspecified atom stereocenters. The molecular formula is C32H40N8OS. The lowest BCUT2D eigenvalue weighted by atomic mass is 9.95. The Balaban J connectivity index is 1.19. The smallest absolute Gasteiger partial charge is 0.318 e. The third-order valence-electron chi connectivity index (χ3n) is 9.30. The Morgan fingerprint density at radius 1 is 1.02 bits per heavy atom. The van der Waals surface area contributed by atoms with E-state index in [4.69, 9.17) is 14.7 Å². The molecule has 3 aliphatic rings. The maximum atomic E-state index is 6.48. The van der Waals surface area contributed by atoms with Crippen LogP contribution in [0.2, 0.25) is 0 Å². The van der Waals surface area contributed by atoms with Crippen molar-refractivity contribution in [3.8, 4) is 6.01 Å². The number of aromatic amines is 1. The molecule has 2 aromatic carbocycles. The van der Waals surface area contributed by atoms with Crippen LogP contribution in [-0.2, 0) is 31.7 Å². The van der Waals surface area contributed by atoms with Crippen molar-refractivity contribution in [2.45, 2.75) is 69.8 Å². The normalized spacial score (nSPS) is 17.9. The van der Waals surface area contributed by atoms with Crippen molar-refractivity contribution in [3.05, 3.63) is 64.9 Å². The summed E-state index contributed by atoms with van der Waals surface area (Å²) in [4.78, 5) is 18.4. The topological polar surface area (TPSA) is 95.1 Å². The molecule has 0 amide bonds. The minimum absolute atomic E-state index is 0.145. The maximum absolute atomic E-state index is 6.48. The van der Waals surface area contributed by atoms with Crippen LogP contribution < -0.4 is 15.0 Å². The summed E-state index contributed by atoms with van der Waals surface area (Å²) < 4.78 is 6.48. The second-order valence-corrected chi connectivity index (χ2v) is 12.7. The van der Waals surface area contributed by atoms with Gasteiger partial charge in [0.05, 0.1) is 30.1 Å². The Hall–Kier alpha value is -3.37. The standard InChI is InChI=1S/C32H40N8OS/c1-3-22-8-4-9-23-10-5-11-26(29(22)23)39-17-12-24-25(19-39)34-31(41-21-32-13-6-15-40(32)16-7-14-32)36-30(24)33-18-27-35-28(20-42-2)38-37-27/h4-5,8-11H,3,6-7,12-21H2,1-2H3,(H,33,34,36)(H,35,37,38). The van der Waals surface area contributed by atoms with E-state index in [0.717, 1.165) is 54.8 Å². The molecule has 5 heterocycles. The minimum atomic E-state index is 0.145. The number of thioether (sulfide) groups is 1. The molecule has 42 heavy (non-hydrogen) atoms. The highest BCUT2D eigenvalue weighted by molar-refractivity contribution is 7.97. The van der Waals surface area contributed by atoms with Crippen molar-refractivity contribution in [3.63, 3.8) is 0 Å². The van der Waals surface area contributed by atoms with Crippen LogP contribution >= 0.6 is 11.8 Å². The molecule has 0 spiro atoms. The summed E-state index contributed by atoms with van der Waals surface area (Å²) in [5.74, 6) is 3.36. The quantitative estimate of drug-likeness (QED) is 0.256. The van der Waals surface area contributed by atoms with E-state index in [-0.39, 0.29) is 5.54 Å². The molecule has 0 aliphatic carbocycles. The summed E-state index contributed by atoms with van der Waals surface area (Å²) in [6.45, 7) is 7.39. The van der Waals surface area contributed by atoms with Gasteiger partial charge in [0.2, 0.25) is 0 Å². The number of benzene rings is 2. The van der Waals surface area contributed by atoms with Crippen LogP contribution in [0, 0.1) is 0 Å². The molecule has 9 nitrogen and oxygen atoms in total. The number of hydrogen-bond acceptors (Lipinski definition) is 9. The third kappa shape index (κ3) is 5.19. The predicted octanol–water partition coefficient (Wildman–Crippen LogP) is 5.36. The Morgan fingerprint density at radius 2 is 1.83 bits per heavy atom. The van der Waals surface area contributed by atoms with Crippen LogP contribution in [0.5, 0.6) is 6.01 Å². The van der Waals surface area contributed by atoms with Crippen molar-refractivity contribution in [1.82, 2.24) is 30.0 Å². The highest BCUT2D eigenvalue weighted by Gasteiger charge is 2.45. The molecule has 0 atom stereocenters. The lowest BCUT2D eigenvalue weighted by Crippen LogP contribution is -2.43. The molecule has 4 aromatic rings. The van der Waals surface area contributed by atoms with Crippen LogP contribution in [0.3, 0.4) is 0 Å². The SMILES string of the molecule is CCc1cccc2cccc(N3CCc4c(nc(OCC56CCCN5CCC6)nc4NCc4nnc(CSC)[nH]4)C3)c12. The van der Waals surface area contributed by atoms with Gasteiger partial charge in [-0.3, -0.25) is 4.90 Å². The second kappa shape index (κ2) is 11.7. The van der Waals surface area contributed by atoms with Crippen molar-refractivity contribution in [2.75, 3.05) is 42.7 Å². The number of H-pyrrole nitrogens is 1. The van der Waals surface area contributed by atoms with E-state index < -0.39 is 0 Å². The van der Waals surface area contributed by atoms with E-state index in [9.17, 15) is 0 Å². The molecule has 2 saturated heterocycles. The molecule has 2 N–H and O–H groups in total. The fourth-order valence-electron chi connectivity index (χ4n) is 7.23. The molecular weight excluding hydrogens is 544 g/mol. The second-order valence-electron chi connectivity index (χ2n) is 11.8. The zero-order chi connectivity index (χ0) is 28.5. The largest absolute Gasteiger partial charge is 0.461 e. The highest BCUT2D eigenvalue weighted by atomic mass is 32.2. The van der Waals surface area contributed by atoms with Gasteiger partial charge in [-0.25, -0.2) is 0 Å². The number of nitrogens with zero attached hydrogens (tertiary/aromatic N) is 6. The van der Waals surface area contributed by atoms with Gasteiger partial charge in [-0.05, 0) is 74.9 Å². The van der Waals surface area contributed by atoms with Crippen LogP contribution in [-0.4, -0.2) is 68.1 Å². The number of ether oxygens (including phenoxy) is 1. The molecule has 3 aliphatic heterocycles. The number of rotatable bonds is 10. The van der Waals surface area contributed by atoms with Gasteiger partial charge in [0.25, 0.3) is 0 Å². The summed E-state index contributed by atoms with van der Waals surface area (Å²) in [5.41, 5.74) is 5.01. The lowest BCUT2D eigenvalue weighted by molar-refractivity contribution is 0.107. The first-order chi connectivity index (χ1) is 20.7. The Morgan fingerprint density at radius 3 is 2.64 bits per heavy atom. The minimum Gasteiger partial charge on any atom is -0.461 e. The molecule has 7 rings (SSSR count). The Kier molecular flexibility index (Phi) is 7.66. The van der Waals surface area contributed by atoms with Crippen LogP contribution in [0.1, 0.15) is 61.1 Å². The van der Waals surface area contributed by atoms with E-state index in [1.807, 2.05) is 0 Å². The van der Waals surface area contributed by atoms with Crippen molar-refractivity contribution in [1.29, 1.82) is 0 Å². The molecule has 0 saturated carbocycles. The van der Waals surface area contributed by atoms with Crippen LogP contribution in [0.25, 0.3) is 10.8 Å². The zero-order valence-electron chi connectivity index (χ0n) is 24.7. The number of hydrogen-bond donors (Lipinski definition) is 2. The van der Waals surface area contributed by atoms with Crippen LogP contribution in [0.4, 0.5) is 11.5 Å². The van der Waals surface area contributed by atoms with E-state index in [2.05, 4.69) is 79.9 Å². The third-order valence-corrected chi connectivity index (χ3v) is 9.86. The summed E-state index contributed by atoms with van der Waals surface area (Å²) in [5, 5.41) is 14.8. The monoisotopic (exact) mass is 584 g/mol. The zero-order valence-corrected chi connectivity index (χ0v) is 25.5. The van der Waals surface area contributed by atoms with E-state index in [0.29, 0.717) is 19.2 Å². The van der Waals surface area contributed by atoms with Crippen molar-refractivity contribution in [2.24, 2.45) is 0 Å². The fourth-order valence-corrected chi connectivity index (χ4v) is 7.63. The van der Waals surface area contributed by atoms with Gasteiger partial charge >= 0.3 is 6.01 Å². The fraction of sp³-hybridized carbons (Fsp3) is 0.500. The van der Waals surface area contributed by atoms with Crippen molar-refractivity contribution >= 4 is 34.0 Å². The number of aryl methyl sites for hydroxylation is 1.